The Hall–Kier alpha value is -2.05. The molecule has 0 fully saturated rings. The number of aliphatic imine (C=N–C) groups is 2. The van der Waals surface area contributed by atoms with Crippen molar-refractivity contribution in [3.8, 4) is 0 Å². The molecule has 0 saturated carbocycles. The van der Waals surface area contributed by atoms with Crippen LogP contribution in [0, 0.1) is 0 Å². The highest BCUT2D eigenvalue weighted by molar-refractivity contribution is 5.92. The number of rotatable bonds is 3. The lowest BCUT2D eigenvalue weighted by atomic mass is 10.3. The Morgan fingerprint density at radius 2 is 2.20 bits per heavy atom. The zero-order valence-electron chi connectivity index (χ0n) is 8.59. The van der Waals surface area contributed by atoms with Crippen LogP contribution in [0.25, 0.3) is 0 Å². The van der Waals surface area contributed by atoms with Gasteiger partial charge in [-0.3, -0.25) is 9.67 Å². The lowest BCUT2D eigenvalue weighted by Crippen LogP contribution is -2.26. The third kappa shape index (κ3) is 3.67. The molecule has 1 heterocycles. The molecule has 0 saturated heterocycles. The van der Waals surface area contributed by atoms with E-state index in [2.05, 4.69) is 15.1 Å². The van der Waals surface area contributed by atoms with Crippen molar-refractivity contribution in [3.63, 3.8) is 0 Å². The molecular formula is C8H15N7. The number of nitrogens with two attached hydrogens (primary N) is 3. The molecule has 0 atom stereocenters. The van der Waals surface area contributed by atoms with Crippen molar-refractivity contribution in [3.05, 3.63) is 18.0 Å². The maximum absolute atomic E-state index is 5.43. The fraction of sp³-hybridized carbons (Fsp3) is 0.375. The summed E-state index contributed by atoms with van der Waals surface area (Å²) < 4.78 is 1.78. The van der Waals surface area contributed by atoms with Gasteiger partial charge in [0.05, 0.1) is 0 Å². The molecule has 0 bridgehead atoms. The number of aromatic nitrogens is 2. The standard InChI is InChI=1S/C8H15N7/c1-15-6(3-5-13-15)2-4-12-8(11)14-7(9)10/h3,5H,2,4H2,1H3,(H6,9,10,11,12,14). The second-order valence-corrected chi connectivity index (χ2v) is 2.97. The van der Waals surface area contributed by atoms with Gasteiger partial charge < -0.3 is 17.2 Å². The van der Waals surface area contributed by atoms with Crippen LogP contribution < -0.4 is 17.2 Å². The number of hydrogen-bond acceptors (Lipinski definition) is 2. The van der Waals surface area contributed by atoms with Gasteiger partial charge in [0.2, 0.25) is 5.96 Å². The van der Waals surface area contributed by atoms with Crippen LogP contribution in [-0.4, -0.2) is 28.2 Å². The summed E-state index contributed by atoms with van der Waals surface area (Å²) in [6.45, 7) is 0.530. The third-order valence-electron chi connectivity index (χ3n) is 1.81. The second-order valence-electron chi connectivity index (χ2n) is 2.97. The van der Waals surface area contributed by atoms with Crippen LogP contribution in [0.3, 0.4) is 0 Å². The molecule has 15 heavy (non-hydrogen) atoms. The molecule has 82 valence electrons. The predicted octanol–water partition coefficient (Wildman–Crippen LogP) is -1.45. The zero-order valence-corrected chi connectivity index (χ0v) is 8.59. The van der Waals surface area contributed by atoms with E-state index < -0.39 is 0 Å². The average molecular weight is 209 g/mol. The molecule has 0 radical (unpaired) electrons. The van der Waals surface area contributed by atoms with Crippen LogP contribution in [-0.2, 0) is 13.5 Å². The highest BCUT2D eigenvalue weighted by atomic mass is 15.3. The minimum atomic E-state index is -0.0863. The van der Waals surface area contributed by atoms with E-state index in [1.54, 1.807) is 10.9 Å². The third-order valence-corrected chi connectivity index (χ3v) is 1.81. The van der Waals surface area contributed by atoms with Crippen LogP contribution in [0.4, 0.5) is 0 Å². The van der Waals surface area contributed by atoms with Gasteiger partial charge in [0.25, 0.3) is 0 Å². The topological polar surface area (TPSA) is 121 Å². The van der Waals surface area contributed by atoms with Crippen molar-refractivity contribution in [1.29, 1.82) is 0 Å². The molecule has 6 N–H and O–H groups in total. The van der Waals surface area contributed by atoms with Gasteiger partial charge in [-0.1, -0.05) is 0 Å². The highest BCUT2D eigenvalue weighted by Gasteiger charge is 1.97. The fourth-order valence-corrected chi connectivity index (χ4v) is 1.10. The van der Waals surface area contributed by atoms with Gasteiger partial charge in [-0.15, -0.1) is 0 Å². The molecule has 0 spiro atoms. The Morgan fingerprint density at radius 3 is 2.73 bits per heavy atom. The van der Waals surface area contributed by atoms with E-state index in [9.17, 15) is 0 Å². The van der Waals surface area contributed by atoms with E-state index in [4.69, 9.17) is 17.2 Å². The molecule has 1 aromatic rings. The molecule has 0 aromatic carbocycles. The summed E-state index contributed by atoms with van der Waals surface area (Å²) in [5, 5.41) is 4.03. The lowest BCUT2D eigenvalue weighted by Gasteiger charge is -1.98. The van der Waals surface area contributed by atoms with E-state index >= 15 is 0 Å². The van der Waals surface area contributed by atoms with Crippen molar-refractivity contribution in [2.24, 2.45) is 34.2 Å². The molecule has 0 aliphatic rings. The molecule has 0 aliphatic heterocycles. The monoisotopic (exact) mass is 209 g/mol. The van der Waals surface area contributed by atoms with Gasteiger partial charge in [0, 0.05) is 31.9 Å². The first kappa shape index (κ1) is 11.0. The lowest BCUT2D eigenvalue weighted by molar-refractivity contribution is 0.706. The Balaban J connectivity index is 2.46. The van der Waals surface area contributed by atoms with Crippen LogP contribution in [0.1, 0.15) is 5.69 Å². The smallest absolute Gasteiger partial charge is 0.218 e. The maximum Gasteiger partial charge on any atom is 0.218 e. The normalized spacial score (nSPS) is 11.4. The molecule has 0 aliphatic carbocycles. The summed E-state index contributed by atoms with van der Waals surface area (Å²) in [6, 6.07) is 1.92. The summed E-state index contributed by atoms with van der Waals surface area (Å²) in [5.74, 6) is 0.00829. The Morgan fingerprint density at radius 1 is 1.47 bits per heavy atom. The van der Waals surface area contributed by atoms with Crippen molar-refractivity contribution < 1.29 is 0 Å². The van der Waals surface area contributed by atoms with E-state index in [-0.39, 0.29) is 11.9 Å². The van der Waals surface area contributed by atoms with Crippen molar-refractivity contribution >= 4 is 11.9 Å². The van der Waals surface area contributed by atoms with Crippen LogP contribution in [0.15, 0.2) is 22.2 Å². The fourth-order valence-electron chi connectivity index (χ4n) is 1.10. The summed E-state index contributed by atoms with van der Waals surface area (Å²) in [5.41, 5.74) is 16.8. The quantitative estimate of drug-likeness (QED) is 0.416. The van der Waals surface area contributed by atoms with Crippen LogP contribution in [0.2, 0.25) is 0 Å². The van der Waals surface area contributed by atoms with Gasteiger partial charge in [0.15, 0.2) is 5.96 Å². The molecule has 7 heteroatoms. The van der Waals surface area contributed by atoms with E-state index in [0.717, 1.165) is 12.1 Å². The van der Waals surface area contributed by atoms with E-state index in [1.807, 2.05) is 13.1 Å². The summed E-state index contributed by atoms with van der Waals surface area (Å²) in [6.07, 6.45) is 2.48. The van der Waals surface area contributed by atoms with Crippen molar-refractivity contribution in [1.82, 2.24) is 9.78 Å². The van der Waals surface area contributed by atoms with E-state index in [0.29, 0.717) is 6.54 Å². The summed E-state index contributed by atoms with van der Waals surface area (Å²) in [7, 11) is 1.87. The first-order chi connectivity index (χ1) is 7.09. The van der Waals surface area contributed by atoms with Crippen molar-refractivity contribution in [2.45, 2.75) is 6.42 Å². The zero-order chi connectivity index (χ0) is 11.3. The molecular weight excluding hydrogens is 194 g/mol. The average Bonchev–Trinajstić information content (AvgIpc) is 2.50. The largest absolute Gasteiger partial charge is 0.370 e. The van der Waals surface area contributed by atoms with Crippen LogP contribution >= 0.6 is 0 Å². The molecule has 1 aromatic heterocycles. The summed E-state index contributed by atoms with van der Waals surface area (Å²) >= 11 is 0. The highest BCUT2D eigenvalue weighted by Crippen LogP contribution is 1.97. The number of hydrogen-bond donors (Lipinski definition) is 3. The maximum atomic E-state index is 5.43. The Labute approximate surface area is 87.7 Å². The molecule has 0 unspecified atom stereocenters. The van der Waals surface area contributed by atoms with Crippen LogP contribution in [0.5, 0.6) is 0 Å². The predicted molar refractivity (Wildman–Crippen MR) is 59.2 cm³/mol. The second kappa shape index (κ2) is 4.99. The Kier molecular flexibility index (Phi) is 3.67. The van der Waals surface area contributed by atoms with Gasteiger partial charge in [-0.05, 0) is 6.07 Å². The SMILES string of the molecule is Cn1nccc1CCN=C(N)N=C(N)N. The van der Waals surface area contributed by atoms with Gasteiger partial charge in [-0.2, -0.15) is 10.1 Å². The van der Waals surface area contributed by atoms with Crippen molar-refractivity contribution in [2.75, 3.05) is 6.54 Å². The van der Waals surface area contributed by atoms with Gasteiger partial charge >= 0.3 is 0 Å². The molecule has 1 rings (SSSR count). The number of guanidine groups is 2. The minimum Gasteiger partial charge on any atom is -0.370 e. The number of nitrogens with zero attached hydrogens (tertiary/aromatic N) is 4. The number of aryl methyl sites for hydroxylation is 1. The van der Waals surface area contributed by atoms with Gasteiger partial charge in [-0.25, -0.2) is 0 Å². The first-order valence-corrected chi connectivity index (χ1v) is 4.46. The molecule has 7 nitrogen and oxygen atoms in total. The van der Waals surface area contributed by atoms with Gasteiger partial charge in [0.1, 0.15) is 0 Å². The first-order valence-electron chi connectivity index (χ1n) is 4.46. The Bertz CT molecular complexity index is 372. The molecule has 0 amide bonds. The summed E-state index contributed by atoms with van der Waals surface area (Å²) in [4.78, 5) is 7.58. The van der Waals surface area contributed by atoms with E-state index in [1.165, 1.54) is 0 Å². The minimum absolute atomic E-state index is 0.0863.